The Morgan fingerprint density at radius 1 is 1.12 bits per heavy atom. The zero-order chi connectivity index (χ0) is 11.4. The normalized spacial score (nSPS) is 31.9. The second kappa shape index (κ2) is 6.02. The summed E-state index contributed by atoms with van der Waals surface area (Å²) in [5, 5.41) is 3.52. The molecular formula is C14H28N2. The van der Waals surface area contributed by atoms with E-state index in [-0.39, 0.29) is 0 Å². The largest absolute Gasteiger partial charge is 0.316 e. The Labute approximate surface area is 101 Å². The van der Waals surface area contributed by atoms with E-state index in [2.05, 4.69) is 24.1 Å². The van der Waals surface area contributed by atoms with Gasteiger partial charge < -0.3 is 5.32 Å². The topological polar surface area (TPSA) is 15.3 Å². The predicted molar refractivity (Wildman–Crippen MR) is 69.6 cm³/mol. The third kappa shape index (κ3) is 2.98. The van der Waals surface area contributed by atoms with Gasteiger partial charge in [-0.15, -0.1) is 0 Å². The quantitative estimate of drug-likeness (QED) is 0.697. The third-order valence-corrected chi connectivity index (χ3v) is 4.52. The molecule has 2 aliphatic heterocycles. The van der Waals surface area contributed by atoms with E-state index in [1.807, 2.05) is 0 Å². The second-order valence-corrected chi connectivity index (χ2v) is 5.83. The van der Waals surface area contributed by atoms with Crippen LogP contribution in [0.3, 0.4) is 0 Å². The molecule has 2 aliphatic rings. The van der Waals surface area contributed by atoms with Crippen LogP contribution in [0.15, 0.2) is 0 Å². The molecule has 0 aromatic heterocycles. The van der Waals surface area contributed by atoms with Gasteiger partial charge >= 0.3 is 0 Å². The van der Waals surface area contributed by atoms with Gasteiger partial charge in [0.05, 0.1) is 0 Å². The molecule has 2 rings (SSSR count). The number of hydrogen-bond donors (Lipinski definition) is 1. The molecular weight excluding hydrogens is 196 g/mol. The molecule has 16 heavy (non-hydrogen) atoms. The molecule has 0 spiro atoms. The number of fused-ring (bicyclic) bond motifs is 1. The summed E-state index contributed by atoms with van der Waals surface area (Å²) < 4.78 is 0. The first-order chi connectivity index (χ1) is 7.81. The zero-order valence-electron chi connectivity index (χ0n) is 11.0. The Hall–Kier alpha value is -0.0800. The Morgan fingerprint density at radius 3 is 2.44 bits per heavy atom. The van der Waals surface area contributed by atoms with Gasteiger partial charge in [0.25, 0.3) is 0 Å². The van der Waals surface area contributed by atoms with Crippen molar-refractivity contribution in [2.75, 3.05) is 26.2 Å². The van der Waals surface area contributed by atoms with E-state index in [1.165, 1.54) is 58.3 Å². The molecule has 2 nitrogen and oxygen atoms in total. The van der Waals surface area contributed by atoms with E-state index in [0.29, 0.717) is 0 Å². The molecule has 0 radical (unpaired) electrons. The number of nitrogens with one attached hydrogen (secondary N) is 1. The van der Waals surface area contributed by atoms with Gasteiger partial charge in [-0.1, -0.05) is 32.6 Å². The van der Waals surface area contributed by atoms with Crippen LogP contribution in [0.1, 0.15) is 46.0 Å². The van der Waals surface area contributed by atoms with E-state index < -0.39 is 0 Å². The summed E-state index contributed by atoms with van der Waals surface area (Å²) in [6.45, 7) is 9.96. The van der Waals surface area contributed by atoms with Crippen LogP contribution in [-0.2, 0) is 0 Å². The third-order valence-electron chi connectivity index (χ3n) is 4.52. The van der Waals surface area contributed by atoms with Gasteiger partial charge in [-0.05, 0) is 38.3 Å². The summed E-state index contributed by atoms with van der Waals surface area (Å²) in [5.74, 6) is 1.91. The van der Waals surface area contributed by atoms with Crippen LogP contribution in [-0.4, -0.2) is 37.1 Å². The monoisotopic (exact) mass is 224 g/mol. The van der Waals surface area contributed by atoms with Crippen molar-refractivity contribution in [2.45, 2.75) is 52.0 Å². The summed E-state index contributed by atoms with van der Waals surface area (Å²) in [6, 6.07) is 0.822. The molecule has 0 aliphatic carbocycles. The lowest BCUT2D eigenvalue weighted by molar-refractivity contribution is 0.226. The van der Waals surface area contributed by atoms with Crippen LogP contribution in [0.2, 0.25) is 0 Å². The van der Waals surface area contributed by atoms with Crippen LogP contribution < -0.4 is 5.32 Å². The molecule has 1 unspecified atom stereocenters. The fraction of sp³-hybridized carbons (Fsp3) is 1.00. The van der Waals surface area contributed by atoms with Gasteiger partial charge in [0.15, 0.2) is 0 Å². The number of nitrogens with zero attached hydrogens (tertiary/aromatic N) is 1. The molecule has 0 bridgehead atoms. The Bertz CT molecular complexity index is 193. The summed E-state index contributed by atoms with van der Waals surface area (Å²) in [5.41, 5.74) is 0. The van der Waals surface area contributed by atoms with E-state index in [4.69, 9.17) is 0 Å². The average Bonchev–Trinajstić information content (AvgIpc) is 2.83. The van der Waals surface area contributed by atoms with Crippen molar-refractivity contribution in [3.05, 3.63) is 0 Å². The van der Waals surface area contributed by atoms with Gasteiger partial charge in [0.2, 0.25) is 0 Å². The Balaban J connectivity index is 1.64. The van der Waals surface area contributed by atoms with E-state index in [1.54, 1.807) is 0 Å². The minimum atomic E-state index is 0.822. The maximum absolute atomic E-state index is 3.52. The molecule has 94 valence electrons. The highest BCUT2D eigenvalue weighted by molar-refractivity contribution is 4.92. The lowest BCUT2D eigenvalue weighted by Gasteiger charge is -2.25. The van der Waals surface area contributed by atoms with Crippen LogP contribution in [0.25, 0.3) is 0 Å². The average molecular weight is 224 g/mol. The Kier molecular flexibility index (Phi) is 4.66. The molecule has 2 fully saturated rings. The number of hydrogen-bond acceptors (Lipinski definition) is 2. The number of rotatable bonds is 6. The minimum absolute atomic E-state index is 0.822. The molecule has 2 saturated heterocycles. The second-order valence-electron chi connectivity index (χ2n) is 5.83. The first-order valence-corrected chi connectivity index (χ1v) is 7.26. The van der Waals surface area contributed by atoms with Crippen molar-refractivity contribution in [1.82, 2.24) is 10.2 Å². The van der Waals surface area contributed by atoms with Crippen molar-refractivity contribution in [3.8, 4) is 0 Å². The standard InChI is InChI=1S/C14H28N2/c1-3-4-5-6-7-12(2)16-10-13-8-15-9-14(13)11-16/h12-15H,3-11H2,1-2H3/t12?,13-,14+. The van der Waals surface area contributed by atoms with Crippen molar-refractivity contribution in [3.63, 3.8) is 0 Å². The minimum Gasteiger partial charge on any atom is -0.316 e. The molecule has 0 aromatic rings. The van der Waals surface area contributed by atoms with E-state index in [9.17, 15) is 0 Å². The first kappa shape index (κ1) is 12.4. The van der Waals surface area contributed by atoms with Gasteiger partial charge in [-0.25, -0.2) is 0 Å². The van der Waals surface area contributed by atoms with E-state index in [0.717, 1.165) is 17.9 Å². The predicted octanol–water partition coefficient (Wildman–Crippen LogP) is 2.50. The lowest BCUT2D eigenvalue weighted by Crippen LogP contribution is -2.33. The molecule has 1 N–H and O–H groups in total. The van der Waals surface area contributed by atoms with E-state index >= 15 is 0 Å². The molecule has 0 amide bonds. The summed E-state index contributed by atoms with van der Waals surface area (Å²) in [4.78, 5) is 2.74. The highest BCUT2D eigenvalue weighted by Crippen LogP contribution is 2.28. The maximum Gasteiger partial charge on any atom is 0.00671 e. The van der Waals surface area contributed by atoms with Gasteiger partial charge in [-0.3, -0.25) is 4.90 Å². The number of likely N-dealkylation sites (tertiary alicyclic amines) is 1. The van der Waals surface area contributed by atoms with Crippen LogP contribution in [0, 0.1) is 11.8 Å². The SMILES string of the molecule is CCCCCCC(C)N1C[C@H]2CNC[C@H]2C1. The number of unbranched alkanes of at least 4 members (excludes halogenated alkanes) is 3. The zero-order valence-corrected chi connectivity index (χ0v) is 11.0. The summed E-state index contributed by atoms with van der Waals surface area (Å²) in [6.07, 6.45) is 7.05. The summed E-state index contributed by atoms with van der Waals surface area (Å²) in [7, 11) is 0. The fourth-order valence-electron chi connectivity index (χ4n) is 3.30. The van der Waals surface area contributed by atoms with Crippen LogP contribution in [0.4, 0.5) is 0 Å². The van der Waals surface area contributed by atoms with Crippen LogP contribution >= 0.6 is 0 Å². The highest BCUT2D eigenvalue weighted by Gasteiger charge is 2.37. The molecule has 2 heterocycles. The first-order valence-electron chi connectivity index (χ1n) is 7.26. The van der Waals surface area contributed by atoms with Crippen molar-refractivity contribution in [2.24, 2.45) is 11.8 Å². The smallest absolute Gasteiger partial charge is 0.00671 e. The maximum atomic E-state index is 3.52. The molecule has 3 atom stereocenters. The van der Waals surface area contributed by atoms with Crippen molar-refractivity contribution >= 4 is 0 Å². The van der Waals surface area contributed by atoms with Gasteiger partial charge in [0.1, 0.15) is 0 Å². The highest BCUT2D eigenvalue weighted by atomic mass is 15.2. The summed E-state index contributed by atoms with van der Waals surface area (Å²) >= 11 is 0. The molecule has 0 aromatic carbocycles. The van der Waals surface area contributed by atoms with Gasteiger partial charge in [-0.2, -0.15) is 0 Å². The van der Waals surface area contributed by atoms with Crippen molar-refractivity contribution in [1.29, 1.82) is 0 Å². The lowest BCUT2D eigenvalue weighted by atomic mass is 10.0. The van der Waals surface area contributed by atoms with Crippen LogP contribution in [0.5, 0.6) is 0 Å². The fourth-order valence-corrected chi connectivity index (χ4v) is 3.30. The Morgan fingerprint density at radius 2 is 1.81 bits per heavy atom. The van der Waals surface area contributed by atoms with Crippen molar-refractivity contribution < 1.29 is 0 Å². The van der Waals surface area contributed by atoms with Gasteiger partial charge in [0, 0.05) is 19.1 Å². The molecule has 2 heteroatoms. The molecule has 0 saturated carbocycles.